The molecule has 1 atom stereocenters. The SMILES string of the molecule is CC(C)C1CCN(C(=O)c2cnccc2Cl)C1. The standard InChI is InChI=1S/C13H17ClN2O/c1-9(2)10-4-6-16(8-10)13(17)11-7-15-5-3-12(11)14/h3,5,7,9-10H,4,6,8H2,1-2H3. The van der Waals surface area contributed by atoms with E-state index in [0.29, 0.717) is 22.4 Å². The predicted octanol–water partition coefficient (Wildman–Crippen LogP) is 2.85. The van der Waals surface area contributed by atoms with Crippen LogP contribution >= 0.6 is 11.6 Å². The lowest BCUT2D eigenvalue weighted by atomic mass is 9.95. The summed E-state index contributed by atoms with van der Waals surface area (Å²) in [6.45, 7) is 6.07. The molecule has 1 aromatic rings. The van der Waals surface area contributed by atoms with Gasteiger partial charge in [0.05, 0.1) is 10.6 Å². The third kappa shape index (κ3) is 2.60. The van der Waals surface area contributed by atoms with Crippen molar-refractivity contribution in [3.8, 4) is 0 Å². The molecule has 0 saturated carbocycles. The van der Waals surface area contributed by atoms with Crippen molar-refractivity contribution < 1.29 is 4.79 Å². The van der Waals surface area contributed by atoms with Crippen molar-refractivity contribution in [3.63, 3.8) is 0 Å². The van der Waals surface area contributed by atoms with Gasteiger partial charge >= 0.3 is 0 Å². The van der Waals surface area contributed by atoms with Crippen LogP contribution in [0.2, 0.25) is 5.02 Å². The van der Waals surface area contributed by atoms with Crippen LogP contribution in [0.5, 0.6) is 0 Å². The molecule has 92 valence electrons. The van der Waals surface area contributed by atoms with Crippen LogP contribution < -0.4 is 0 Å². The Morgan fingerprint density at radius 1 is 1.59 bits per heavy atom. The Balaban J connectivity index is 2.10. The van der Waals surface area contributed by atoms with Crippen LogP contribution in [0.1, 0.15) is 30.6 Å². The van der Waals surface area contributed by atoms with Crippen molar-refractivity contribution in [2.75, 3.05) is 13.1 Å². The number of amides is 1. The molecule has 3 nitrogen and oxygen atoms in total. The number of aromatic nitrogens is 1. The van der Waals surface area contributed by atoms with Gasteiger partial charge in [0.2, 0.25) is 0 Å². The number of halogens is 1. The van der Waals surface area contributed by atoms with E-state index in [1.54, 1.807) is 18.5 Å². The van der Waals surface area contributed by atoms with E-state index in [4.69, 9.17) is 11.6 Å². The minimum atomic E-state index is 0.00579. The second kappa shape index (κ2) is 5.05. The van der Waals surface area contributed by atoms with Crippen molar-refractivity contribution in [2.24, 2.45) is 11.8 Å². The number of hydrogen-bond donors (Lipinski definition) is 0. The molecule has 17 heavy (non-hydrogen) atoms. The van der Waals surface area contributed by atoms with Gasteiger partial charge in [0, 0.05) is 25.5 Å². The van der Waals surface area contributed by atoms with Crippen molar-refractivity contribution in [1.82, 2.24) is 9.88 Å². The quantitative estimate of drug-likeness (QED) is 0.811. The fourth-order valence-electron chi connectivity index (χ4n) is 2.22. The molecule has 0 aliphatic carbocycles. The van der Waals surface area contributed by atoms with Gasteiger partial charge in [-0.15, -0.1) is 0 Å². The molecule has 1 amide bonds. The third-order valence-electron chi connectivity index (χ3n) is 3.45. The number of likely N-dealkylation sites (tertiary alicyclic amines) is 1. The van der Waals surface area contributed by atoms with Crippen molar-refractivity contribution >= 4 is 17.5 Å². The summed E-state index contributed by atoms with van der Waals surface area (Å²) in [6, 6.07) is 1.66. The number of carbonyl (C=O) groups is 1. The Morgan fingerprint density at radius 3 is 2.94 bits per heavy atom. The highest BCUT2D eigenvalue weighted by Gasteiger charge is 2.29. The molecule has 2 rings (SSSR count). The van der Waals surface area contributed by atoms with Crippen molar-refractivity contribution in [3.05, 3.63) is 29.0 Å². The van der Waals surface area contributed by atoms with Crippen LogP contribution in [-0.4, -0.2) is 28.9 Å². The summed E-state index contributed by atoms with van der Waals surface area (Å²) >= 11 is 6.01. The van der Waals surface area contributed by atoms with Crippen LogP contribution in [0.4, 0.5) is 0 Å². The molecule has 1 saturated heterocycles. The largest absolute Gasteiger partial charge is 0.338 e. The number of hydrogen-bond acceptors (Lipinski definition) is 2. The number of nitrogens with zero attached hydrogens (tertiary/aromatic N) is 2. The van der Waals surface area contributed by atoms with E-state index in [9.17, 15) is 4.79 Å². The zero-order chi connectivity index (χ0) is 12.4. The van der Waals surface area contributed by atoms with E-state index in [2.05, 4.69) is 18.8 Å². The highest BCUT2D eigenvalue weighted by atomic mass is 35.5. The van der Waals surface area contributed by atoms with E-state index >= 15 is 0 Å². The molecule has 1 aliphatic heterocycles. The van der Waals surface area contributed by atoms with Gasteiger partial charge in [-0.25, -0.2) is 0 Å². The molecule has 0 N–H and O–H groups in total. The first-order chi connectivity index (χ1) is 8.09. The van der Waals surface area contributed by atoms with Gasteiger partial charge in [0.15, 0.2) is 0 Å². The Bertz CT molecular complexity index is 420. The minimum absolute atomic E-state index is 0.00579. The molecule has 0 aromatic carbocycles. The van der Waals surface area contributed by atoms with E-state index in [-0.39, 0.29) is 5.91 Å². The first kappa shape index (κ1) is 12.4. The number of rotatable bonds is 2. The Morgan fingerprint density at radius 2 is 2.35 bits per heavy atom. The van der Waals surface area contributed by atoms with Crippen LogP contribution in [0.25, 0.3) is 0 Å². The molecule has 2 heterocycles. The predicted molar refractivity (Wildman–Crippen MR) is 68.1 cm³/mol. The highest BCUT2D eigenvalue weighted by Crippen LogP contribution is 2.26. The number of pyridine rings is 1. The Hall–Kier alpha value is -1.09. The smallest absolute Gasteiger partial charge is 0.256 e. The first-order valence-electron chi connectivity index (χ1n) is 5.98. The summed E-state index contributed by atoms with van der Waals surface area (Å²) in [5.41, 5.74) is 0.513. The average molecular weight is 253 g/mol. The summed E-state index contributed by atoms with van der Waals surface area (Å²) in [7, 11) is 0. The molecule has 1 aliphatic rings. The summed E-state index contributed by atoms with van der Waals surface area (Å²) in [4.78, 5) is 18.1. The molecule has 1 aromatic heterocycles. The molecular weight excluding hydrogens is 236 g/mol. The van der Waals surface area contributed by atoms with Gasteiger partial charge in [-0.3, -0.25) is 9.78 Å². The maximum atomic E-state index is 12.2. The van der Waals surface area contributed by atoms with E-state index in [1.807, 2.05) is 4.90 Å². The first-order valence-corrected chi connectivity index (χ1v) is 6.36. The summed E-state index contributed by atoms with van der Waals surface area (Å²) in [5, 5.41) is 0.484. The van der Waals surface area contributed by atoms with Gasteiger partial charge < -0.3 is 4.90 Å². The van der Waals surface area contributed by atoms with Crippen molar-refractivity contribution in [2.45, 2.75) is 20.3 Å². The fraction of sp³-hybridized carbons (Fsp3) is 0.538. The molecule has 1 unspecified atom stereocenters. The van der Waals surface area contributed by atoms with Gasteiger partial charge in [-0.05, 0) is 24.3 Å². The Kier molecular flexibility index (Phi) is 3.67. The van der Waals surface area contributed by atoms with Gasteiger partial charge in [-0.2, -0.15) is 0 Å². The zero-order valence-corrected chi connectivity index (χ0v) is 10.9. The molecule has 0 radical (unpaired) electrons. The lowest BCUT2D eigenvalue weighted by Crippen LogP contribution is -2.29. The second-order valence-electron chi connectivity index (χ2n) is 4.90. The zero-order valence-electron chi connectivity index (χ0n) is 10.2. The minimum Gasteiger partial charge on any atom is -0.338 e. The second-order valence-corrected chi connectivity index (χ2v) is 5.31. The monoisotopic (exact) mass is 252 g/mol. The molecule has 1 fully saturated rings. The van der Waals surface area contributed by atoms with E-state index < -0.39 is 0 Å². The van der Waals surface area contributed by atoms with Gasteiger partial charge in [0.25, 0.3) is 5.91 Å². The van der Waals surface area contributed by atoms with E-state index in [1.165, 1.54) is 0 Å². The van der Waals surface area contributed by atoms with Crippen molar-refractivity contribution in [1.29, 1.82) is 0 Å². The average Bonchev–Trinajstić information content (AvgIpc) is 2.78. The van der Waals surface area contributed by atoms with Gasteiger partial charge in [-0.1, -0.05) is 25.4 Å². The summed E-state index contributed by atoms with van der Waals surface area (Å²) in [6.07, 6.45) is 4.23. The summed E-state index contributed by atoms with van der Waals surface area (Å²) < 4.78 is 0. The maximum absolute atomic E-state index is 12.2. The molecule has 4 heteroatoms. The highest BCUT2D eigenvalue weighted by molar-refractivity contribution is 6.33. The van der Waals surface area contributed by atoms with Crippen LogP contribution in [0.15, 0.2) is 18.5 Å². The molecular formula is C13H17ClN2O. The summed E-state index contributed by atoms with van der Waals surface area (Å²) in [5.74, 6) is 1.23. The third-order valence-corrected chi connectivity index (χ3v) is 3.78. The normalized spacial score (nSPS) is 20.0. The molecule has 0 spiro atoms. The molecule has 0 bridgehead atoms. The lowest BCUT2D eigenvalue weighted by Gasteiger charge is -2.18. The number of carbonyl (C=O) groups excluding carboxylic acids is 1. The topological polar surface area (TPSA) is 33.2 Å². The lowest BCUT2D eigenvalue weighted by molar-refractivity contribution is 0.0784. The van der Waals surface area contributed by atoms with Crippen LogP contribution in [0.3, 0.4) is 0 Å². The van der Waals surface area contributed by atoms with E-state index in [0.717, 1.165) is 19.5 Å². The fourth-order valence-corrected chi connectivity index (χ4v) is 2.41. The van der Waals surface area contributed by atoms with Gasteiger partial charge in [0.1, 0.15) is 0 Å². The van der Waals surface area contributed by atoms with Crippen LogP contribution in [0, 0.1) is 11.8 Å². The maximum Gasteiger partial charge on any atom is 0.256 e. The van der Waals surface area contributed by atoms with Crippen LogP contribution in [-0.2, 0) is 0 Å². The Labute approximate surface area is 107 Å².